The van der Waals surface area contributed by atoms with Crippen LogP contribution in [-0.4, -0.2) is 46.1 Å². The smallest absolute Gasteiger partial charge is 0.0164 e. The highest BCUT2D eigenvalue weighted by Gasteiger charge is 2.62. The van der Waals surface area contributed by atoms with Gasteiger partial charge in [0.05, 0.1) is 0 Å². The number of nitrogens with zero attached hydrogens (tertiary/aromatic N) is 2. The van der Waals surface area contributed by atoms with Gasteiger partial charge < -0.3 is 0 Å². The van der Waals surface area contributed by atoms with Crippen molar-refractivity contribution >= 4 is 0 Å². The van der Waals surface area contributed by atoms with Crippen molar-refractivity contribution in [1.29, 1.82) is 0 Å². The predicted molar refractivity (Wildman–Crippen MR) is 261 cm³/mol. The predicted octanol–water partition coefficient (Wildman–Crippen LogP) is 15.8. The van der Waals surface area contributed by atoms with Crippen molar-refractivity contribution in [1.82, 2.24) is 9.80 Å². The Bertz CT molecular complexity index is 1240. The molecule has 0 amide bonds. The Kier molecular flexibility index (Phi) is 14.6. The summed E-state index contributed by atoms with van der Waals surface area (Å²) < 4.78 is 0. The molecule has 7 saturated carbocycles. The third-order valence-corrected chi connectivity index (χ3v) is 23.1. The third-order valence-electron chi connectivity index (χ3n) is 23.1. The first-order chi connectivity index (χ1) is 28.0. The van der Waals surface area contributed by atoms with Crippen LogP contribution in [0.3, 0.4) is 0 Å². The van der Waals surface area contributed by atoms with Gasteiger partial charge in [0.15, 0.2) is 0 Å². The number of hydrogen-bond acceptors (Lipinski definition) is 2. The first-order valence-corrected chi connectivity index (χ1v) is 27.6. The summed E-state index contributed by atoms with van der Waals surface area (Å²) in [5.74, 6) is 14.7. The van der Waals surface area contributed by atoms with Crippen molar-refractivity contribution in [3.05, 3.63) is 0 Å². The maximum absolute atomic E-state index is 3.54. The molecule has 0 saturated heterocycles. The number of hydrogen-bond donors (Lipinski definition) is 0. The number of rotatable bonds is 6. The minimum atomic E-state index is 0.382. The summed E-state index contributed by atoms with van der Waals surface area (Å²) >= 11 is 0. The van der Waals surface area contributed by atoms with Gasteiger partial charge in [-0.2, -0.15) is 0 Å². The van der Waals surface area contributed by atoms with E-state index in [-0.39, 0.29) is 0 Å². The van der Waals surface area contributed by atoms with Crippen LogP contribution in [0.1, 0.15) is 215 Å². The molecule has 16 unspecified atom stereocenters. The van der Waals surface area contributed by atoms with Crippen LogP contribution in [0.4, 0.5) is 0 Å². The lowest BCUT2D eigenvalue weighted by Crippen LogP contribution is -2.72. The van der Waals surface area contributed by atoms with Gasteiger partial charge in [-0.3, -0.25) is 9.80 Å². The highest BCUT2D eigenvalue weighted by Crippen LogP contribution is 2.62. The van der Waals surface area contributed by atoms with Crippen molar-refractivity contribution in [2.75, 3.05) is 0 Å². The van der Waals surface area contributed by atoms with Gasteiger partial charge in [0, 0.05) is 36.3 Å². The Morgan fingerprint density at radius 2 is 0.550 bits per heavy atom. The molecule has 0 aromatic heterocycles. The fourth-order valence-electron chi connectivity index (χ4n) is 17.8. The maximum atomic E-state index is 3.54. The zero-order valence-corrected chi connectivity index (χ0v) is 43.7. The van der Waals surface area contributed by atoms with Crippen LogP contribution < -0.4 is 0 Å². The maximum Gasteiger partial charge on any atom is 0.0164 e. The molecule has 7 aliphatic rings. The van der Waals surface area contributed by atoms with Gasteiger partial charge in [-0.25, -0.2) is 0 Å². The molecule has 7 aliphatic carbocycles. The average Bonchev–Trinajstić information content (AvgIpc) is 3.20. The highest BCUT2D eigenvalue weighted by molar-refractivity contribution is 5.14. The van der Waals surface area contributed by atoms with Crippen LogP contribution in [0.25, 0.3) is 0 Å². The summed E-state index contributed by atoms with van der Waals surface area (Å²) in [6.45, 7) is 47.9. The summed E-state index contributed by atoms with van der Waals surface area (Å²) in [5.41, 5.74) is 0.765. The molecule has 0 N–H and O–H groups in total. The van der Waals surface area contributed by atoms with E-state index < -0.39 is 0 Å². The molecule has 7 rings (SSSR count). The van der Waals surface area contributed by atoms with Crippen molar-refractivity contribution in [3.63, 3.8) is 0 Å². The van der Waals surface area contributed by atoms with Gasteiger partial charge in [-0.05, 0) is 207 Å². The molecule has 16 atom stereocenters. The Morgan fingerprint density at radius 1 is 0.283 bits per heavy atom. The standard InChI is InChI=1S/C58H106N2/c1-33-19-25-47(26-20-33)59(53-41(9)37(5)35(3)38(6)42(53)10)55-49-29-23-46(58(16,17)18)32-52(49)56(50-30-24-45(31-51(50)55)57(13,14)15)60(48-27-21-34(2)22-28-48)54-43(11)39(7)36(4)40(8)44(54)12/h33-56H,19-32H2,1-18H3. The van der Waals surface area contributed by atoms with Crippen LogP contribution in [0.15, 0.2) is 0 Å². The van der Waals surface area contributed by atoms with E-state index in [9.17, 15) is 0 Å². The molecule has 2 heteroatoms. The van der Waals surface area contributed by atoms with Gasteiger partial charge in [0.1, 0.15) is 0 Å². The summed E-state index contributed by atoms with van der Waals surface area (Å²) in [7, 11) is 0. The molecule has 0 aromatic rings. The average molecular weight is 831 g/mol. The van der Waals surface area contributed by atoms with Crippen LogP contribution in [0.5, 0.6) is 0 Å². The van der Waals surface area contributed by atoms with E-state index in [1.165, 1.54) is 89.9 Å². The lowest BCUT2D eigenvalue weighted by atomic mass is 9.48. The van der Waals surface area contributed by atoms with Crippen LogP contribution >= 0.6 is 0 Å². The zero-order valence-electron chi connectivity index (χ0n) is 43.7. The molecule has 0 heterocycles. The van der Waals surface area contributed by atoms with Gasteiger partial charge in [0.2, 0.25) is 0 Å². The Hall–Kier alpha value is -0.0800. The van der Waals surface area contributed by atoms with Crippen molar-refractivity contribution in [2.45, 2.75) is 251 Å². The largest absolute Gasteiger partial charge is 0.293 e. The molecule has 0 aliphatic heterocycles. The second kappa shape index (κ2) is 18.3. The van der Waals surface area contributed by atoms with Gasteiger partial charge in [-0.15, -0.1) is 0 Å². The normalized spacial score (nSPS) is 52.2. The summed E-state index contributed by atoms with van der Waals surface area (Å²) in [4.78, 5) is 7.08. The Balaban J connectivity index is 1.43. The topological polar surface area (TPSA) is 6.48 Å². The molecule has 2 nitrogen and oxygen atoms in total. The third kappa shape index (κ3) is 8.81. The van der Waals surface area contributed by atoms with Crippen LogP contribution in [-0.2, 0) is 0 Å². The summed E-state index contributed by atoms with van der Waals surface area (Å²) in [6.07, 6.45) is 20.5. The quantitative estimate of drug-likeness (QED) is 0.263. The second-order valence-corrected chi connectivity index (χ2v) is 27.7. The first-order valence-electron chi connectivity index (χ1n) is 27.6. The van der Waals surface area contributed by atoms with Crippen molar-refractivity contribution in [3.8, 4) is 0 Å². The van der Waals surface area contributed by atoms with Gasteiger partial charge in [-0.1, -0.05) is 125 Å². The van der Waals surface area contributed by atoms with E-state index in [0.717, 1.165) is 143 Å². The Labute approximate surface area is 376 Å². The SMILES string of the molecule is CC1CCC(N(C2C(C)C(C)C(C)C(C)C2C)C2C3CCC(C(C)(C)C)CC3C(N(C3CCC(C)CC3)C3C(C)C(C)C(C)C(C)C3C)C3CCC(C(C)(C)C)CC32)CC1. The highest BCUT2D eigenvalue weighted by atomic mass is 15.3. The molecule has 0 radical (unpaired) electrons. The molecule has 0 aromatic carbocycles. The van der Waals surface area contributed by atoms with Crippen LogP contribution in [0, 0.1) is 117 Å². The van der Waals surface area contributed by atoms with E-state index in [2.05, 4.69) is 134 Å². The minimum absolute atomic E-state index is 0.382. The van der Waals surface area contributed by atoms with E-state index in [1.54, 1.807) is 0 Å². The fraction of sp³-hybridized carbons (Fsp3) is 1.00. The second-order valence-electron chi connectivity index (χ2n) is 27.7. The first kappa shape index (κ1) is 47.9. The molecule has 60 heavy (non-hydrogen) atoms. The minimum Gasteiger partial charge on any atom is -0.293 e. The summed E-state index contributed by atoms with van der Waals surface area (Å²) in [5, 5.41) is 0. The van der Waals surface area contributed by atoms with E-state index in [0.29, 0.717) is 10.8 Å². The fourth-order valence-corrected chi connectivity index (χ4v) is 17.8. The van der Waals surface area contributed by atoms with Gasteiger partial charge >= 0.3 is 0 Å². The summed E-state index contributed by atoms with van der Waals surface area (Å²) in [6, 6.07) is 4.52. The van der Waals surface area contributed by atoms with Crippen molar-refractivity contribution < 1.29 is 0 Å². The van der Waals surface area contributed by atoms with Gasteiger partial charge in [0.25, 0.3) is 0 Å². The van der Waals surface area contributed by atoms with E-state index in [1.807, 2.05) is 0 Å². The van der Waals surface area contributed by atoms with Crippen molar-refractivity contribution in [2.24, 2.45) is 117 Å². The van der Waals surface area contributed by atoms with E-state index >= 15 is 0 Å². The molecule has 7 fully saturated rings. The molecule has 348 valence electrons. The molecule has 0 bridgehead atoms. The van der Waals surface area contributed by atoms with E-state index in [4.69, 9.17) is 0 Å². The number of fused-ring (bicyclic) bond motifs is 2. The Morgan fingerprint density at radius 3 is 0.817 bits per heavy atom. The van der Waals surface area contributed by atoms with Crippen LogP contribution in [0.2, 0.25) is 0 Å². The monoisotopic (exact) mass is 831 g/mol. The lowest BCUT2D eigenvalue weighted by Gasteiger charge is -2.68. The zero-order chi connectivity index (χ0) is 43.9. The molecular weight excluding hydrogens is 725 g/mol. The molecular formula is C58H106N2. The lowest BCUT2D eigenvalue weighted by molar-refractivity contribution is -0.189. The molecule has 0 spiro atoms.